The highest BCUT2D eigenvalue weighted by Gasteiger charge is 2.20. The third-order valence-electron chi connectivity index (χ3n) is 4.53. The van der Waals surface area contributed by atoms with Crippen LogP contribution in [-0.4, -0.2) is 26.9 Å². The van der Waals surface area contributed by atoms with E-state index in [4.69, 9.17) is 25.7 Å². The van der Waals surface area contributed by atoms with Gasteiger partial charge in [-0.15, -0.1) is 10.2 Å². The van der Waals surface area contributed by atoms with Crippen molar-refractivity contribution in [3.8, 4) is 17.2 Å². The topological polar surface area (TPSA) is 66.0 Å². The molecule has 1 atom stereocenters. The first kappa shape index (κ1) is 19.8. The van der Waals surface area contributed by atoms with Crippen molar-refractivity contribution < 1.29 is 9.15 Å². The highest BCUT2D eigenvalue weighted by molar-refractivity contribution is 7.99. The molecule has 0 spiro atoms. The molecular weight excluding hydrogens is 408 g/mol. The smallest absolute Gasteiger partial charge is 0.247 e. The molecule has 0 bridgehead atoms. The van der Waals surface area contributed by atoms with E-state index >= 15 is 0 Å². The molecule has 0 fully saturated rings. The monoisotopic (exact) mass is 428 g/mol. The van der Waals surface area contributed by atoms with Crippen LogP contribution in [0.2, 0.25) is 5.02 Å². The van der Waals surface area contributed by atoms with Crippen molar-refractivity contribution in [3.05, 3.63) is 53.4 Å². The average molecular weight is 429 g/mol. The van der Waals surface area contributed by atoms with Crippen LogP contribution < -0.4 is 4.74 Å². The van der Waals surface area contributed by atoms with Crippen LogP contribution in [0.15, 0.2) is 52.0 Å². The Balaban J connectivity index is 1.58. The van der Waals surface area contributed by atoms with Gasteiger partial charge in [-0.05, 0) is 55.8 Å². The Kier molecular flexibility index (Phi) is 5.78. The molecule has 4 rings (SSSR count). The van der Waals surface area contributed by atoms with Crippen molar-refractivity contribution in [1.82, 2.24) is 19.7 Å². The summed E-state index contributed by atoms with van der Waals surface area (Å²) in [4.78, 5) is 4.78. The summed E-state index contributed by atoms with van der Waals surface area (Å²) in [5.74, 6) is 1.84. The van der Waals surface area contributed by atoms with Crippen LogP contribution >= 0.6 is 23.4 Å². The van der Waals surface area contributed by atoms with Gasteiger partial charge in [0.05, 0.1) is 23.4 Å². The van der Waals surface area contributed by atoms with Crippen LogP contribution in [0.5, 0.6) is 5.75 Å². The predicted octanol–water partition coefficient (Wildman–Crippen LogP) is 6.01. The van der Waals surface area contributed by atoms with Crippen LogP contribution in [0.4, 0.5) is 0 Å². The zero-order valence-electron chi connectivity index (χ0n) is 16.4. The molecule has 0 amide bonds. The summed E-state index contributed by atoms with van der Waals surface area (Å²) >= 11 is 7.74. The van der Waals surface area contributed by atoms with Gasteiger partial charge < -0.3 is 13.7 Å². The Labute approximate surface area is 178 Å². The molecule has 2 aromatic heterocycles. The molecular formula is C21H21ClN4O2S. The Hall–Kier alpha value is -2.51. The fourth-order valence-corrected chi connectivity index (χ4v) is 4.21. The second-order valence-electron chi connectivity index (χ2n) is 6.61. The number of thioether (sulfide) groups is 1. The van der Waals surface area contributed by atoms with E-state index in [1.165, 1.54) is 0 Å². The molecule has 0 saturated heterocycles. The normalized spacial score (nSPS) is 12.4. The van der Waals surface area contributed by atoms with Gasteiger partial charge in [0, 0.05) is 17.1 Å². The summed E-state index contributed by atoms with van der Waals surface area (Å²) in [6, 6.07) is 13.4. The third kappa shape index (κ3) is 4.11. The lowest BCUT2D eigenvalue weighted by Crippen LogP contribution is -2.00. The van der Waals surface area contributed by atoms with Crippen molar-refractivity contribution in [2.45, 2.75) is 37.2 Å². The molecule has 0 aliphatic heterocycles. The van der Waals surface area contributed by atoms with Crippen molar-refractivity contribution in [2.24, 2.45) is 0 Å². The van der Waals surface area contributed by atoms with Crippen LogP contribution in [0, 0.1) is 0 Å². The molecule has 0 aliphatic carbocycles. The Morgan fingerprint density at radius 3 is 2.69 bits per heavy atom. The maximum Gasteiger partial charge on any atom is 0.247 e. The van der Waals surface area contributed by atoms with E-state index in [0.29, 0.717) is 16.8 Å². The van der Waals surface area contributed by atoms with E-state index in [2.05, 4.69) is 21.7 Å². The lowest BCUT2D eigenvalue weighted by atomic mass is 10.2. The zero-order valence-corrected chi connectivity index (χ0v) is 18.0. The molecule has 6 nitrogen and oxygen atoms in total. The van der Waals surface area contributed by atoms with Crippen molar-refractivity contribution >= 4 is 34.4 Å². The maximum atomic E-state index is 6.14. The number of nitrogens with zero attached hydrogens (tertiary/aromatic N) is 4. The van der Waals surface area contributed by atoms with Gasteiger partial charge in [-0.25, -0.2) is 4.98 Å². The number of benzene rings is 2. The van der Waals surface area contributed by atoms with Crippen LogP contribution in [0.3, 0.4) is 0 Å². The summed E-state index contributed by atoms with van der Waals surface area (Å²) in [7, 11) is 1.64. The number of aryl methyl sites for hydroxylation is 1. The van der Waals surface area contributed by atoms with Gasteiger partial charge in [-0.2, -0.15) is 0 Å². The van der Waals surface area contributed by atoms with E-state index in [1.54, 1.807) is 18.9 Å². The number of halogens is 1. The summed E-state index contributed by atoms with van der Waals surface area (Å²) in [5, 5.41) is 10.0. The number of rotatable bonds is 7. The lowest BCUT2D eigenvalue weighted by molar-refractivity contribution is 0.415. The quantitative estimate of drug-likeness (QED) is 0.336. The van der Waals surface area contributed by atoms with Crippen molar-refractivity contribution in [3.63, 3.8) is 0 Å². The summed E-state index contributed by atoms with van der Waals surface area (Å²) in [5.41, 5.74) is 2.83. The highest BCUT2D eigenvalue weighted by Crippen LogP contribution is 2.37. The Bertz CT molecular complexity index is 1120. The molecule has 2 heterocycles. The first-order valence-corrected chi connectivity index (χ1v) is 10.6. The third-order valence-corrected chi connectivity index (χ3v) is 5.84. The molecule has 0 saturated carbocycles. The van der Waals surface area contributed by atoms with Gasteiger partial charge in [0.25, 0.3) is 0 Å². The molecule has 0 N–H and O–H groups in total. The summed E-state index contributed by atoms with van der Waals surface area (Å²) in [6.45, 7) is 5.07. The molecule has 150 valence electrons. The number of hydrogen-bond acceptors (Lipinski definition) is 6. The predicted molar refractivity (Wildman–Crippen MR) is 116 cm³/mol. The number of methoxy groups -OCH3 is 1. The molecule has 0 aliphatic rings. The number of ether oxygens (including phenoxy) is 1. The molecule has 0 unspecified atom stereocenters. The molecule has 4 aromatic rings. The second kappa shape index (κ2) is 8.47. The van der Waals surface area contributed by atoms with Gasteiger partial charge in [0.2, 0.25) is 11.8 Å². The summed E-state index contributed by atoms with van der Waals surface area (Å²) in [6.07, 6.45) is 1.01. The van der Waals surface area contributed by atoms with Crippen molar-refractivity contribution in [1.29, 1.82) is 0 Å². The Morgan fingerprint density at radius 2 is 1.97 bits per heavy atom. The number of aromatic nitrogens is 4. The van der Waals surface area contributed by atoms with Gasteiger partial charge >= 0.3 is 0 Å². The van der Waals surface area contributed by atoms with Crippen LogP contribution in [0.25, 0.3) is 22.5 Å². The van der Waals surface area contributed by atoms with E-state index in [0.717, 1.165) is 40.5 Å². The number of imidazole rings is 1. The average Bonchev–Trinajstić information content (AvgIpc) is 3.34. The minimum atomic E-state index is -0.0441. The van der Waals surface area contributed by atoms with Crippen LogP contribution in [0.1, 0.15) is 31.4 Å². The highest BCUT2D eigenvalue weighted by atomic mass is 35.5. The number of hydrogen-bond donors (Lipinski definition) is 0. The van der Waals surface area contributed by atoms with Gasteiger partial charge in [0.15, 0.2) is 5.16 Å². The van der Waals surface area contributed by atoms with E-state index < -0.39 is 0 Å². The maximum absolute atomic E-state index is 6.14. The standard InChI is InChI=1S/C21H21ClN4O2S/c1-4-11-26-18-10-7-15(22)12-17(18)23-21(26)29-13(2)19-24-25-20(28-19)14-5-8-16(27-3)9-6-14/h5-10,12-13H,4,11H2,1-3H3/t13-/m0/s1. The Morgan fingerprint density at radius 1 is 1.17 bits per heavy atom. The molecule has 0 radical (unpaired) electrons. The SMILES string of the molecule is CCCn1c(S[C@@H](C)c2nnc(-c3ccc(OC)cc3)o2)nc2cc(Cl)ccc21. The fraction of sp³-hybridized carbons (Fsp3) is 0.286. The second-order valence-corrected chi connectivity index (χ2v) is 8.36. The number of fused-ring (bicyclic) bond motifs is 1. The van der Waals surface area contributed by atoms with E-state index in [-0.39, 0.29) is 5.25 Å². The van der Waals surface area contributed by atoms with Crippen molar-refractivity contribution in [2.75, 3.05) is 7.11 Å². The fourth-order valence-electron chi connectivity index (χ4n) is 3.07. The van der Waals surface area contributed by atoms with E-state index in [1.807, 2.05) is 49.4 Å². The summed E-state index contributed by atoms with van der Waals surface area (Å²) < 4.78 is 13.3. The first-order chi connectivity index (χ1) is 14.1. The zero-order chi connectivity index (χ0) is 20.4. The van der Waals surface area contributed by atoms with Gasteiger partial charge in [-0.1, -0.05) is 30.3 Å². The van der Waals surface area contributed by atoms with Gasteiger partial charge in [-0.3, -0.25) is 0 Å². The molecule has 29 heavy (non-hydrogen) atoms. The minimum Gasteiger partial charge on any atom is -0.497 e. The minimum absolute atomic E-state index is 0.0441. The molecule has 2 aromatic carbocycles. The van der Waals surface area contributed by atoms with E-state index in [9.17, 15) is 0 Å². The molecule has 8 heteroatoms. The lowest BCUT2D eigenvalue weighted by Gasteiger charge is -2.09. The first-order valence-electron chi connectivity index (χ1n) is 9.39. The van der Waals surface area contributed by atoms with Gasteiger partial charge in [0.1, 0.15) is 5.75 Å². The largest absolute Gasteiger partial charge is 0.497 e. The van der Waals surface area contributed by atoms with Crippen LogP contribution in [-0.2, 0) is 6.54 Å².